The van der Waals surface area contributed by atoms with E-state index in [0.29, 0.717) is 22.2 Å². The number of nitrogens with zero attached hydrogens (tertiary/aromatic N) is 3. The zero-order chi connectivity index (χ0) is 24.0. The second-order valence-corrected chi connectivity index (χ2v) is 9.68. The van der Waals surface area contributed by atoms with E-state index in [1.165, 1.54) is 12.1 Å². The summed E-state index contributed by atoms with van der Waals surface area (Å²) in [5, 5.41) is 23.3. The van der Waals surface area contributed by atoms with Crippen LogP contribution in [0.5, 0.6) is 0 Å². The number of alkyl halides is 3. The van der Waals surface area contributed by atoms with Gasteiger partial charge in [-0.3, -0.25) is 5.32 Å². The summed E-state index contributed by atoms with van der Waals surface area (Å²) in [7, 11) is 0. The van der Waals surface area contributed by atoms with Crippen molar-refractivity contribution < 1.29 is 22.7 Å². The molecule has 1 aliphatic rings. The van der Waals surface area contributed by atoms with Gasteiger partial charge in [0.25, 0.3) is 5.89 Å². The Hall–Kier alpha value is -2.88. The number of anilines is 2. The Kier molecular flexibility index (Phi) is 5.98. The lowest BCUT2D eigenvalue weighted by Gasteiger charge is -2.25. The van der Waals surface area contributed by atoms with Gasteiger partial charge in [0.05, 0.1) is 11.6 Å². The average Bonchev–Trinajstić information content (AvgIpc) is 3.16. The van der Waals surface area contributed by atoms with Crippen molar-refractivity contribution >= 4 is 22.6 Å². The van der Waals surface area contributed by atoms with E-state index < -0.39 is 11.7 Å². The van der Waals surface area contributed by atoms with Gasteiger partial charge in [-0.15, -0.1) is 5.10 Å². The maximum absolute atomic E-state index is 13.0. The molecule has 1 saturated carbocycles. The molecule has 1 aromatic carbocycles. The summed E-state index contributed by atoms with van der Waals surface area (Å²) in [5.74, 6) is 0.232. The summed E-state index contributed by atoms with van der Waals surface area (Å²) in [6.45, 7) is 7.61. The topological polar surface area (TPSA) is 96.1 Å². The van der Waals surface area contributed by atoms with E-state index in [2.05, 4.69) is 15.5 Å². The van der Waals surface area contributed by atoms with Crippen molar-refractivity contribution in [2.24, 2.45) is 0 Å². The maximum Gasteiger partial charge on any atom is 0.482 e. The lowest BCUT2D eigenvalue weighted by atomic mass is 9.84. The van der Waals surface area contributed by atoms with Crippen LogP contribution in [0.15, 0.2) is 22.6 Å². The number of rotatable bonds is 4. The number of hydrogen-bond donors (Lipinski definition) is 3. The third-order valence-electron chi connectivity index (χ3n) is 5.88. The van der Waals surface area contributed by atoms with Crippen molar-refractivity contribution in [3.8, 4) is 11.6 Å². The first-order valence-electron chi connectivity index (χ1n) is 11.0. The van der Waals surface area contributed by atoms with Crippen LogP contribution in [-0.4, -0.2) is 38.7 Å². The van der Waals surface area contributed by atoms with Crippen LogP contribution in [0.1, 0.15) is 57.6 Å². The van der Waals surface area contributed by atoms with E-state index in [0.717, 1.165) is 31.2 Å². The SMILES string of the molecule is Cc1cc(-c2nnc(N[C@H]3CC[C@@H](O)CC3)o2)nc2c(C(C)(C)C)cc(NC(F)(F)F)cc12. The minimum atomic E-state index is -4.53. The number of aryl methyl sites for hydroxylation is 1. The fourth-order valence-corrected chi connectivity index (χ4v) is 4.19. The van der Waals surface area contributed by atoms with Crippen LogP contribution in [0.4, 0.5) is 24.9 Å². The van der Waals surface area contributed by atoms with E-state index >= 15 is 0 Å². The zero-order valence-corrected chi connectivity index (χ0v) is 19.0. The van der Waals surface area contributed by atoms with Crippen LogP contribution in [0.25, 0.3) is 22.5 Å². The van der Waals surface area contributed by atoms with Gasteiger partial charge in [0.1, 0.15) is 5.69 Å². The smallest absolute Gasteiger partial charge is 0.402 e. The summed E-state index contributed by atoms with van der Waals surface area (Å²) in [6.07, 6.45) is -1.70. The largest absolute Gasteiger partial charge is 0.482 e. The molecule has 0 aliphatic heterocycles. The molecule has 0 amide bonds. The van der Waals surface area contributed by atoms with E-state index in [1.807, 2.05) is 27.7 Å². The first-order chi connectivity index (χ1) is 15.4. The first-order valence-corrected chi connectivity index (χ1v) is 11.0. The number of aromatic nitrogens is 3. The van der Waals surface area contributed by atoms with Gasteiger partial charge in [0.15, 0.2) is 0 Å². The number of fused-ring (bicyclic) bond motifs is 1. The molecule has 178 valence electrons. The molecule has 0 bridgehead atoms. The molecule has 2 heterocycles. The molecule has 33 heavy (non-hydrogen) atoms. The molecule has 1 aliphatic carbocycles. The summed E-state index contributed by atoms with van der Waals surface area (Å²) >= 11 is 0. The third kappa shape index (κ3) is 5.38. The highest BCUT2D eigenvalue weighted by molar-refractivity contribution is 5.90. The molecule has 4 rings (SSSR count). The van der Waals surface area contributed by atoms with Crippen LogP contribution in [0.2, 0.25) is 0 Å². The molecule has 2 aromatic heterocycles. The highest BCUT2D eigenvalue weighted by Gasteiger charge is 2.29. The Morgan fingerprint density at radius 3 is 2.36 bits per heavy atom. The quantitative estimate of drug-likeness (QED) is 0.437. The van der Waals surface area contributed by atoms with Gasteiger partial charge in [-0.2, -0.15) is 13.2 Å². The Labute approximate surface area is 189 Å². The van der Waals surface area contributed by atoms with Crippen molar-refractivity contribution in [1.29, 1.82) is 0 Å². The fraction of sp³-hybridized carbons (Fsp3) is 0.522. The number of halogens is 3. The first kappa shape index (κ1) is 23.3. The number of nitrogens with one attached hydrogen (secondary N) is 2. The minimum absolute atomic E-state index is 0.0283. The van der Waals surface area contributed by atoms with E-state index in [9.17, 15) is 18.3 Å². The van der Waals surface area contributed by atoms with E-state index in [1.54, 1.807) is 11.4 Å². The summed E-state index contributed by atoms with van der Waals surface area (Å²) in [5.41, 5.74) is 2.00. The van der Waals surface area contributed by atoms with Crippen molar-refractivity contribution in [1.82, 2.24) is 15.2 Å². The molecule has 0 spiro atoms. The molecular formula is C23H28F3N5O2. The van der Waals surface area contributed by atoms with Crippen LogP contribution in [0.3, 0.4) is 0 Å². The van der Waals surface area contributed by atoms with E-state index in [4.69, 9.17) is 9.40 Å². The maximum atomic E-state index is 13.0. The highest BCUT2D eigenvalue weighted by Crippen LogP contribution is 2.36. The monoisotopic (exact) mass is 463 g/mol. The van der Waals surface area contributed by atoms with Crippen LogP contribution in [-0.2, 0) is 5.41 Å². The second kappa shape index (κ2) is 8.48. The number of hydrogen-bond acceptors (Lipinski definition) is 7. The summed E-state index contributed by atoms with van der Waals surface area (Å²) < 4.78 is 44.7. The Morgan fingerprint density at radius 1 is 1.03 bits per heavy atom. The van der Waals surface area contributed by atoms with Gasteiger partial charge in [0.2, 0.25) is 0 Å². The van der Waals surface area contributed by atoms with Crippen molar-refractivity contribution in [2.45, 2.75) is 77.2 Å². The minimum Gasteiger partial charge on any atom is -0.402 e. The summed E-state index contributed by atoms with van der Waals surface area (Å²) in [6, 6.07) is 5.12. The molecule has 0 saturated heterocycles. The van der Waals surface area contributed by atoms with Gasteiger partial charge < -0.3 is 14.8 Å². The Bertz CT molecular complexity index is 1150. The fourth-order valence-electron chi connectivity index (χ4n) is 4.19. The van der Waals surface area contributed by atoms with Gasteiger partial charge in [-0.25, -0.2) is 4.98 Å². The zero-order valence-electron chi connectivity index (χ0n) is 19.0. The molecular weight excluding hydrogens is 435 g/mol. The molecule has 0 atom stereocenters. The lowest BCUT2D eigenvalue weighted by Crippen LogP contribution is -2.28. The van der Waals surface area contributed by atoms with Crippen molar-refractivity contribution in [3.05, 3.63) is 29.3 Å². The normalized spacial score (nSPS) is 19.6. The molecule has 1 fully saturated rings. The van der Waals surface area contributed by atoms with Crippen molar-refractivity contribution in [2.75, 3.05) is 10.6 Å². The number of aliphatic hydroxyl groups is 1. The van der Waals surface area contributed by atoms with Gasteiger partial charge in [-0.05, 0) is 67.3 Å². The molecule has 7 nitrogen and oxygen atoms in total. The average molecular weight is 464 g/mol. The van der Waals surface area contributed by atoms with Crippen LogP contribution in [0, 0.1) is 6.92 Å². The molecule has 3 aromatic rings. The number of aliphatic hydroxyl groups excluding tert-OH is 1. The predicted octanol–water partition coefficient (Wildman–Crippen LogP) is 5.54. The van der Waals surface area contributed by atoms with Gasteiger partial charge >= 0.3 is 12.3 Å². The molecule has 0 unspecified atom stereocenters. The highest BCUT2D eigenvalue weighted by atomic mass is 19.4. The summed E-state index contributed by atoms with van der Waals surface area (Å²) in [4.78, 5) is 4.71. The van der Waals surface area contributed by atoms with Gasteiger partial charge in [-0.1, -0.05) is 25.9 Å². The van der Waals surface area contributed by atoms with Crippen molar-refractivity contribution in [3.63, 3.8) is 0 Å². The lowest BCUT2D eigenvalue weighted by molar-refractivity contribution is -0.0999. The molecule has 0 radical (unpaired) electrons. The van der Waals surface area contributed by atoms with Gasteiger partial charge in [0, 0.05) is 17.1 Å². The Morgan fingerprint density at radius 2 is 1.73 bits per heavy atom. The Balaban J connectivity index is 1.70. The van der Waals surface area contributed by atoms with E-state index in [-0.39, 0.29) is 29.7 Å². The molecule has 10 heteroatoms. The van der Waals surface area contributed by atoms with Crippen LogP contribution < -0.4 is 10.6 Å². The predicted molar refractivity (Wildman–Crippen MR) is 120 cm³/mol. The third-order valence-corrected chi connectivity index (χ3v) is 5.88. The van der Waals surface area contributed by atoms with Crippen LogP contribution >= 0.6 is 0 Å². The second-order valence-electron chi connectivity index (χ2n) is 9.68. The molecule has 3 N–H and O–H groups in total. The number of pyridine rings is 1. The number of benzene rings is 1. The standard InChI is InChI=1S/C23H28F3N5O2/c1-12-9-18(20-30-31-21(33-20)27-13-5-7-15(32)8-6-13)28-19-16(12)10-14(29-23(24,25)26)11-17(19)22(2,3)4/h9-11,13,15,29,32H,5-8H2,1-4H3,(H,27,31)/t13-,15+.